The molecule has 0 radical (unpaired) electrons. The first-order chi connectivity index (χ1) is 6.35. The Balaban J connectivity index is 1.76. The number of nitrogens with one attached hydrogen (secondary N) is 1. The lowest BCUT2D eigenvalue weighted by atomic mass is 10.1. The Hall–Kier alpha value is -0.190. The average molecular weight is 188 g/mol. The highest BCUT2D eigenvalue weighted by atomic mass is 19.3. The van der Waals surface area contributed by atoms with Crippen molar-refractivity contribution in [2.24, 2.45) is 5.41 Å². The number of halogens is 1. The number of hydrogen-bond acceptors (Lipinski definition) is 3. The Labute approximate surface area is 78.1 Å². The van der Waals surface area contributed by atoms with E-state index in [1.54, 1.807) is 0 Å². The molecule has 2 rings (SSSR count). The molecule has 1 saturated carbocycles. The Kier molecular flexibility index (Phi) is 2.81. The molecular formula is C9H17FN2O. The van der Waals surface area contributed by atoms with Gasteiger partial charge in [-0.3, -0.25) is 0 Å². The maximum atomic E-state index is 11.8. The smallest absolute Gasteiger partial charge is 0.0944 e. The van der Waals surface area contributed by atoms with Crippen molar-refractivity contribution in [1.29, 1.82) is 0 Å². The zero-order valence-corrected chi connectivity index (χ0v) is 7.89. The lowest BCUT2D eigenvalue weighted by Gasteiger charge is -2.30. The van der Waals surface area contributed by atoms with Crippen molar-refractivity contribution >= 4 is 0 Å². The third-order valence-electron chi connectivity index (χ3n) is 3.09. The molecule has 0 aromatic rings. The average Bonchev–Trinajstić information content (AvgIpc) is 2.87. The van der Waals surface area contributed by atoms with Gasteiger partial charge in [0.1, 0.15) is 0 Å². The standard InChI is InChI=1S/C9H17FN2O/c10-13-8-9(1-2-9)7-12-5-3-11-4-6-12/h11H,1-8H2. The van der Waals surface area contributed by atoms with Gasteiger partial charge >= 0.3 is 0 Å². The second-order valence-corrected chi connectivity index (χ2v) is 4.28. The fourth-order valence-corrected chi connectivity index (χ4v) is 1.98. The Morgan fingerprint density at radius 2 is 2.00 bits per heavy atom. The molecule has 13 heavy (non-hydrogen) atoms. The topological polar surface area (TPSA) is 24.5 Å². The summed E-state index contributed by atoms with van der Waals surface area (Å²) in [6, 6.07) is 0. The van der Waals surface area contributed by atoms with E-state index in [4.69, 9.17) is 0 Å². The van der Waals surface area contributed by atoms with Crippen LogP contribution in [0.5, 0.6) is 0 Å². The van der Waals surface area contributed by atoms with Crippen LogP contribution in [-0.2, 0) is 4.94 Å². The first-order valence-electron chi connectivity index (χ1n) is 5.01. The van der Waals surface area contributed by atoms with Gasteiger partial charge in [0, 0.05) is 38.1 Å². The molecule has 2 aliphatic rings. The van der Waals surface area contributed by atoms with E-state index < -0.39 is 0 Å². The Morgan fingerprint density at radius 1 is 1.31 bits per heavy atom. The molecule has 4 heteroatoms. The van der Waals surface area contributed by atoms with Crippen LogP contribution >= 0.6 is 0 Å². The summed E-state index contributed by atoms with van der Waals surface area (Å²) < 4.78 is 11.8. The molecular weight excluding hydrogens is 171 g/mol. The zero-order valence-electron chi connectivity index (χ0n) is 7.89. The highest BCUT2D eigenvalue weighted by Crippen LogP contribution is 2.46. The van der Waals surface area contributed by atoms with Gasteiger partial charge in [-0.15, -0.1) is 0 Å². The lowest BCUT2D eigenvalue weighted by molar-refractivity contribution is -0.151. The third kappa shape index (κ3) is 2.39. The minimum Gasteiger partial charge on any atom is -0.314 e. The highest BCUT2D eigenvalue weighted by Gasteiger charge is 2.44. The molecule has 1 aliphatic heterocycles. The monoisotopic (exact) mass is 188 g/mol. The van der Waals surface area contributed by atoms with Crippen LogP contribution in [0.15, 0.2) is 0 Å². The van der Waals surface area contributed by atoms with Gasteiger partial charge in [-0.25, -0.2) is 0 Å². The van der Waals surface area contributed by atoms with Gasteiger partial charge in [-0.05, 0) is 17.4 Å². The van der Waals surface area contributed by atoms with E-state index in [0.717, 1.165) is 45.6 Å². The molecule has 1 heterocycles. The molecule has 0 aromatic heterocycles. The molecule has 0 atom stereocenters. The Morgan fingerprint density at radius 3 is 2.54 bits per heavy atom. The SMILES string of the molecule is FOCC1(CN2CCNCC2)CC1. The predicted molar refractivity (Wildman–Crippen MR) is 48.0 cm³/mol. The minimum atomic E-state index is 0.159. The first kappa shape index (κ1) is 9.37. The fourth-order valence-electron chi connectivity index (χ4n) is 1.98. The van der Waals surface area contributed by atoms with Crippen molar-refractivity contribution in [3.63, 3.8) is 0 Å². The summed E-state index contributed by atoms with van der Waals surface area (Å²) >= 11 is 0. The number of hydrogen-bond donors (Lipinski definition) is 1. The van der Waals surface area contributed by atoms with Crippen LogP contribution in [0.25, 0.3) is 0 Å². The maximum Gasteiger partial charge on any atom is 0.0944 e. The molecule has 3 nitrogen and oxygen atoms in total. The van der Waals surface area contributed by atoms with E-state index in [9.17, 15) is 4.53 Å². The van der Waals surface area contributed by atoms with Crippen LogP contribution in [0.1, 0.15) is 12.8 Å². The minimum absolute atomic E-state index is 0.159. The van der Waals surface area contributed by atoms with Crippen molar-refractivity contribution in [3.05, 3.63) is 0 Å². The molecule has 1 saturated heterocycles. The van der Waals surface area contributed by atoms with Crippen molar-refractivity contribution in [3.8, 4) is 0 Å². The second kappa shape index (κ2) is 3.90. The van der Waals surface area contributed by atoms with Crippen LogP contribution in [0.3, 0.4) is 0 Å². The van der Waals surface area contributed by atoms with E-state index in [0.29, 0.717) is 0 Å². The molecule has 0 spiro atoms. The van der Waals surface area contributed by atoms with Crippen LogP contribution in [0.2, 0.25) is 0 Å². The highest BCUT2D eigenvalue weighted by molar-refractivity contribution is 4.95. The van der Waals surface area contributed by atoms with Crippen LogP contribution in [-0.4, -0.2) is 44.2 Å². The summed E-state index contributed by atoms with van der Waals surface area (Å²) in [7, 11) is 0. The van der Waals surface area contributed by atoms with Crippen molar-refractivity contribution in [2.45, 2.75) is 12.8 Å². The lowest BCUT2D eigenvalue weighted by Crippen LogP contribution is -2.46. The summed E-state index contributed by atoms with van der Waals surface area (Å²) in [5, 5.41) is 3.31. The van der Waals surface area contributed by atoms with E-state index in [2.05, 4.69) is 15.2 Å². The molecule has 0 amide bonds. The van der Waals surface area contributed by atoms with Crippen molar-refractivity contribution in [1.82, 2.24) is 10.2 Å². The van der Waals surface area contributed by atoms with E-state index >= 15 is 0 Å². The molecule has 0 unspecified atom stereocenters. The van der Waals surface area contributed by atoms with Crippen molar-refractivity contribution in [2.75, 3.05) is 39.3 Å². The first-order valence-corrected chi connectivity index (χ1v) is 5.01. The van der Waals surface area contributed by atoms with Gasteiger partial charge < -0.3 is 10.2 Å². The van der Waals surface area contributed by atoms with Crippen LogP contribution < -0.4 is 5.32 Å². The van der Waals surface area contributed by atoms with E-state index in [-0.39, 0.29) is 12.0 Å². The van der Waals surface area contributed by atoms with Crippen LogP contribution in [0.4, 0.5) is 4.53 Å². The summed E-state index contributed by atoms with van der Waals surface area (Å²) in [5.74, 6) is 0. The summed E-state index contributed by atoms with van der Waals surface area (Å²) in [6.45, 7) is 5.61. The number of piperazine rings is 1. The molecule has 2 fully saturated rings. The maximum absolute atomic E-state index is 11.8. The Bertz CT molecular complexity index is 167. The molecule has 1 aliphatic carbocycles. The van der Waals surface area contributed by atoms with Crippen molar-refractivity contribution < 1.29 is 9.47 Å². The van der Waals surface area contributed by atoms with Gasteiger partial charge in [-0.1, -0.05) is 0 Å². The van der Waals surface area contributed by atoms with Gasteiger partial charge in [0.2, 0.25) is 0 Å². The number of nitrogens with zero attached hydrogens (tertiary/aromatic N) is 1. The molecule has 0 bridgehead atoms. The van der Waals surface area contributed by atoms with Gasteiger partial charge in [0.25, 0.3) is 0 Å². The molecule has 1 N–H and O–H groups in total. The molecule has 76 valence electrons. The van der Waals surface area contributed by atoms with E-state index in [1.165, 1.54) is 0 Å². The van der Waals surface area contributed by atoms with Gasteiger partial charge in [-0.2, -0.15) is 4.94 Å². The summed E-state index contributed by atoms with van der Waals surface area (Å²) in [5.41, 5.74) is 0.159. The normalized spacial score (nSPS) is 27.5. The van der Waals surface area contributed by atoms with E-state index in [1.807, 2.05) is 0 Å². The number of rotatable bonds is 4. The fraction of sp³-hybridized carbons (Fsp3) is 1.00. The van der Waals surface area contributed by atoms with Gasteiger partial charge in [0.15, 0.2) is 0 Å². The second-order valence-electron chi connectivity index (χ2n) is 4.28. The predicted octanol–water partition coefficient (Wildman–Crippen LogP) is 0.573. The summed E-state index contributed by atoms with van der Waals surface area (Å²) in [4.78, 5) is 6.17. The molecule has 0 aromatic carbocycles. The third-order valence-corrected chi connectivity index (χ3v) is 3.09. The largest absolute Gasteiger partial charge is 0.314 e. The summed E-state index contributed by atoms with van der Waals surface area (Å²) in [6.07, 6.45) is 2.25. The zero-order chi connectivity index (χ0) is 9.15. The van der Waals surface area contributed by atoms with Crippen LogP contribution in [0, 0.1) is 5.41 Å². The quantitative estimate of drug-likeness (QED) is 0.698. The van der Waals surface area contributed by atoms with Gasteiger partial charge in [0.05, 0.1) is 6.61 Å².